The Bertz CT molecular complexity index is 811. The van der Waals surface area contributed by atoms with Gasteiger partial charge < -0.3 is 15.3 Å². The van der Waals surface area contributed by atoms with Crippen molar-refractivity contribution in [3.63, 3.8) is 0 Å². The van der Waals surface area contributed by atoms with Gasteiger partial charge in [-0.1, -0.05) is 77.1 Å². The maximum absolute atomic E-state index is 12.5. The fraction of sp³-hybridized carbons (Fsp3) is 0.607. The normalized spacial score (nSPS) is 17.9. The maximum atomic E-state index is 12.5. The first-order chi connectivity index (χ1) is 16.6. The number of likely N-dealkylation sites (N-methyl/N-ethyl adjacent to an activating group) is 2. The highest BCUT2D eigenvalue weighted by atomic mass is 32.2. The average Bonchev–Trinajstić information content (AvgIpc) is 3.07. The highest BCUT2D eigenvalue weighted by Gasteiger charge is 2.44. The van der Waals surface area contributed by atoms with Crippen LogP contribution in [0.4, 0.5) is 0 Å². The molecule has 7 nitrogen and oxygen atoms in total. The van der Waals surface area contributed by atoms with Crippen LogP contribution in [0, 0.1) is 11.8 Å². The molecule has 2 rings (SSSR count). The van der Waals surface area contributed by atoms with Crippen LogP contribution in [-0.2, 0) is 14.4 Å². The Kier molecular flexibility index (Phi) is 15.4. The first-order valence-electron chi connectivity index (χ1n) is 12.4. The van der Waals surface area contributed by atoms with Crippen LogP contribution in [0.5, 0.6) is 0 Å². The number of rotatable bonds is 7. The van der Waals surface area contributed by atoms with E-state index in [2.05, 4.69) is 26.1 Å². The number of nitrogens with zero attached hydrogens (tertiary/aromatic N) is 2. The third-order valence-electron chi connectivity index (χ3n) is 5.35. The van der Waals surface area contributed by atoms with Gasteiger partial charge in [0, 0.05) is 23.2 Å². The molecule has 1 unspecified atom stereocenters. The van der Waals surface area contributed by atoms with E-state index in [9.17, 15) is 14.4 Å². The third kappa shape index (κ3) is 12.6. The monoisotopic (exact) mass is 521 g/mol. The summed E-state index contributed by atoms with van der Waals surface area (Å²) in [6.07, 6.45) is 1.58. The molecule has 2 N–H and O–H groups in total. The third-order valence-corrected chi connectivity index (χ3v) is 6.85. The number of carboxylic acid groups (broad SMARTS) is 1. The van der Waals surface area contributed by atoms with E-state index in [4.69, 9.17) is 5.11 Å². The summed E-state index contributed by atoms with van der Waals surface area (Å²) in [5.41, 5.74) is 0.193. The van der Waals surface area contributed by atoms with Crippen LogP contribution in [0.1, 0.15) is 55.4 Å². The first-order valence-corrected chi connectivity index (χ1v) is 13.4. The second kappa shape index (κ2) is 16.4. The molecule has 0 bridgehead atoms. The minimum atomic E-state index is -1.01. The minimum Gasteiger partial charge on any atom is -0.478 e. The minimum absolute atomic E-state index is 0.0465. The summed E-state index contributed by atoms with van der Waals surface area (Å²) in [5, 5.41) is 11.8. The number of benzene rings is 1. The molecule has 8 heteroatoms. The highest BCUT2D eigenvalue weighted by molar-refractivity contribution is 8.00. The second-order valence-corrected chi connectivity index (χ2v) is 12.1. The van der Waals surface area contributed by atoms with E-state index in [0.29, 0.717) is 0 Å². The molecule has 1 aliphatic heterocycles. The predicted octanol–water partition coefficient (Wildman–Crippen LogP) is 4.75. The summed E-state index contributed by atoms with van der Waals surface area (Å²) in [6.45, 7) is 15.8. The zero-order valence-corrected chi connectivity index (χ0v) is 24.6. The molecule has 36 heavy (non-hydrogen) atoms. The van der Waals surface area contributed by atoms with Crippen molar-refractivity contribution in [2.24, 2.45) is 11.8 Å². The molecule has 1 aliphatic rings. The Labute approximate surface area is 222 Å². The van der Waals surface area contributed by atoms with Gasteiger partial charge in [0.1, 0.15) is 6.04 Å². The number of nitrogens with one attached hydrogen (secondary N) is 1. The highest BCUT2D eigenvalue weighted by Crippen LogP contribution is 2.38. The van der Waals surface area contributed by atoms with Gasteiger partial charge in [-0.3, -0.25) is 14.5 Å². The van der Waals surface area contributed by atoms with Crippen molar-refractivity contribution in [2.75, 3.05) is 26.5 Å². The first kappa shape index (κ1) is 33.7. The number of carbonyl (C=O) groups excluding carboxylic acids is 2. The van der Waals surface area contributed by atoms with Gasteiger partial charge in [-0.05, 0) is 39.7 Å². The van der Waals surface area contributed by atoms with Gasteiger partial charge >= 0.3 is 5.97 Å². The molecule has 1 heterocycles. The molecule has 1 fully saturated rings. The molecule has 1 aromatic rings. The SMILES string of the molecule is C/C(=C\[C@H](C(C)C)N(C)C(=O)CNC(=O)C1N(C)CSC1(C)C)C(=O)O.CC(C)C.c1ccccc1. The van der Waals surface area contributed by atoms with Crippen LogP contribution in [-0.4, -0.2) is 76.0 Å². The smallest absolute Gasteiger partial charge is 0.331 e. The van der Waals surface area contributed by atoms with Gasteiger partial charge in [0.25, 0.3) is 0 Å². The average molecular weight is 522 g/mol. The van der Waals surface area contributed by atoms with Gasteiger partial charge in [0.15, 0.2) is 0 Å². The van der Waals surface area contributed by atoms with Gasteiger partial charge in [-0.15, -0.1) is 11.8 Å². The lowest BCUT2D eigenvalue weighted by atomic mass is 10.00. The number of amides is 2. The van der Waals surface area contributed by atoms with Crippen LogP contribution in [0.3, 0.4) is 0 Å². The zero-order valence-electron chi connectivity index (χ0n) is 23.7. The standard InChI is InChI=1S/C18H31N3O4S.C6H6.C4H10/c1-11(2)13(8-12(3)17(24)25)21(7)14(22)9-19-16(23)15-18(4,5)26-10-20(15)6;1-2-4-6-5-3-1;1-4(2)3/h8,11,13,15H,9-10H2,1-7H3,(H,19,23)(H,24,25);1-6H;4H,1-3H3/b12-8+;;/t13-,15?;;/m1../s1. The Morgan fingerprint density at radius 3 is 1.86 bits per heavy atom. The lowest BCUT2D eigenvalue weighted by molar-refractivity contribution is -0.135. The molecule has 1 saturated heterocycles. The number of hydrogen-bond donors (Lipinski definition) is 2. The van der Waals surface area contributed by atoms with Crippen LogP contribution < -0.4 is 5.32 Å². The lowest BCUT2D eigenvalue weighted by Gasteiger charge is -2.31. The van der Waals surface area contributed by atoms with Gasteiger partial charge in [-0.25, -0.2) is 4.79 Å². The Morgan fingerprint density at radius 1 is 1.08 bits per heavy atom. The van der Waals surface area contributed by atoms with E-state index in [1.807, 2.05) is 76.0 Å². The Balaban J connectivity index is 0.00000101. The van der Waals surface area contributed by atoms with E-state index < -0.39 is 5.97 Å². The number of carboxylic acids is 1. The quantitative estimate of drug-likeness (QED) is 0.504. The van der Waals surface area contributed by atoms with Crippen molar-refractivity contribution in [3.05, 3.63) is 48.0 Å². The van der Waals surface area contributed by atoms with Gasteiger partial charge in [0.05, 0.1) is 12.6 Å². The van der Waals surface area contributed by atoms with Crippen molar-refractivity contribution in [2.45, 2.75) is 72.2 Å². The van der Waals surface area contributed by atoms with Crippen molar-refractivity contribution in [3.8, 4) is 0 Å². The van der Waals surface area contributed by atoms with Crippen LogP contribution >= 0.6 is 11.8 Å². The Hall–Kier alpha value is -2.32. The van der Waals surface area contributed by atoms with Gasteiger partial charge in [-0.2, -0.15) is 0 Å². The topological polar surface area (TPSA) is 90.0 Å². The van der Waals surface area contributed by atoms with E-state index in [1.165, 1.54) is 11.8 Å². The second-order valence-electron chi connectivity index (χ2n) is 10.5. The largest absolute Gasteiger partial charge is 0.478 e. The zero-order chi connectivity index (χ0) is 28.1. The fourth-order valence-corrected chi connectivity index (χ4v) is 4.61. The van der Waals surface area contributed by atoms with E-state index in [0.717, 1.165) is 11.8 Å². The summed E-state index contributed by atoms with van der Waals surface area (Å²) in [6, 6.07) is 11.4. The molecule has 0 radical (unpaired) electrons. The lowest BCUT2D eigenvalue weighted by Crippen LogP contribution is -2.52. The van der Waals surface area contributed by atoms with Crippen molar-refractivity contribution < 1.29 is 19.5 Å². The number of hydrogen-bond acceptors (Lipinski definition) is 5. The van der Waals surface area contributed by atoms with E-state index in [1.54, 1.807) is 24.9 Å². The summed E-state index contributed by atoms with van der Waals surface area (Å²) < 4.78 is -0.213. The van der Waals surface area contributed by atoms with Gasteiger partial charge in [0.2, 0.25) is 11.8 Å². The molecule has 0 aliphatic carbocycles. The summed E-state index contributed by atoms with van der Waals surface area (Å²) in [5.74, 6) is 0.229. The molecule has 1 aromatic carbocycles. The van der Waals surface area contributed by atoms with E-state index in [-0.39, 0.29) is 46.7 Å². The summed E-state index contributed by atoms with van der Waals surface area (Å²) in [4.78, 5) is 39.6. The molecular formula is C28H47N3O4S. The van der Waals surface area contributed by atoms with E-state index >= 15 is 0 Å². The van der Waals surface area contributed by atoms with Crippen LogP contribution in [0.15, 0.2) is 48.0 Å². The Morgan fingerprint density at radius 2 is 1.53 bits per heavy atom. The van der Waals surface area contributed by atoms with Crippen molar-refractivity contribution in [1.82, 2.24) is 15.1 Å². The maximum Gasteiger partial charge on any atom is 0.331 e. The molecule has 204 valence electrons. The molecule has 2 amide bonds. The van der Waals surface area contributed by atoms with Crippen molar-refractivity contribution >= 4 is 29.5 Å². The molecular weight excluding hydrogens is 474 g/mol. The van der Waals surface area contributed by atoms with Crippen molar-refractivity contribution in [1.29, 1.82) is 0 Å². The summed E-state index contributed by atoms with van der Waals surface area (Å²) in [7, 11) is 3.53. The summed E-state index contributed by atoms with van der Waals surface area (Å²) >= 11 is 1.71. The molecule has 0 saturated carbocycles. The molecule has 0 aromatic heterocycles. The molecule has 0 spiro atoms. The van der Waals surface area contributed by atoms with Crippen LogP contribution in [0.2, 0.25) is 0 Å². The van der Waals surface area contributed by atoms with Crippen LogP contribution in [0.25, 0.3) is 0 Å². The number of carbonyl (C=O) groups is 3. The predicted molar refractivity (Wildman–Crippen MR) is 151 cm³/mol. The fourth-order valence-electron chi connectivity index (χ4n) is 3.48. The molecule has 2 atom stereocenters. The number of aliphatic carboxylic acids is 1. The number of thioether (sulfide) groups is 1.